The number of carbonyl (C=O) groups excluding carboxylic acids is 1. The van der Waals surface area contributed by atoms with Crippen molar-refractivity contribution < 1.29 is 4.79 Å². The van der Waals surface area contributed by atoms with E-state index in [2.05, 4.69) is 70.6 Å². The van der Waals surface area contributed by atoms with Gasteiger partial charge < -0.3 is 20.0 Å². The predicted octanol–water partition coefficient (Wildman–Crippen LogP) is 3.68. The van der Waals surface area contributed by atoms with E-state index in [0.717, 1.165) is 50.9 Å². The molecule has 0 saturated carbocycles. The Kier molecular flexibility index (Phi) is 6.23. The van der Waals surface area contributed by atoms with Crippen molar-refractivity contribution in [3.8, 4) is 0 Å². The van der Waals surface area contributed by atoms with Crippen LogP contribution in [0.3, 0.4) is 0 Å². The van der Waals surface area contributed by atoms with E-state index in [1.54, 1.807) is 0 Å². The Morgan fingerprint density at radius 3 is 2.07 bits per heavy atom. The van der Waals surface area contributed by atoms with Gasteiger partial charge in [-0.3, -0.25) is 4.79 Å². The molecule has 0 unspecified atom stereocenters. The Labute approximate surface area is 174 Å². The van der Waals surface area contributed by atoms with Crippen LogP contribution in [-0.2, 0) is 4.79 Å². The molecule has 5 nitrogen and oxygen atoms in total. The van der Waals surface area contributed by atoms with E-state index in [9.17, 15) is 4.79 Å². The molecule has 2 aliphatic heterocycles. The van der Waals surface area contributed by atoms with Crippen LogP contribution < -0.4 is 15.1 Å². The molecule has 4 rings (SSSR count). The number of amides is 1. The number of piperazine rings is 1. The topological polar surface area (TPSA) is 38.8 Å². The van der Waals surface area contributed by atoms with E-state index in [0.29, 0.717) is 6.54 Å². The monoisotopic (exact) mass is 392 g/mol. The number of hydrogen-bond acceptors (Lipinski definition) is 4. The molecule has 2 aromatic rings. The molecule has 0 bridgehead atoms. The molecule has 5 heteroatoms. The summed E-state index contributed by atoms with van der Waals surface area (Å²) < 4.78 is 0. The summed E-state index contributed by atoms with van der Waals surface area (Å²) in [6.45, 7) is 8.30. The number of nitrogens with one attached hydrogen (secondary N) is 1. The second-order valence-corrected chi connectivity index (χ2v) is 8.27. The molecule has 1 amide bonds. The first-order valence-corrected chi connectivity index (χ1v) is 10.9. The zero-order valence-electron chi connectivity index (χ0n) is 17.4. The van der Waals surface area contributed by atoms with Gasteiger partial charge in [0, 0.05) is 56.3 Å². The van der Waals surface area contributed by atoms with Crippen LogP contribution in [0.2, 0.25) is 0 Å². The zero-order chi connectivity index (χ0) is 20.1. The van der Waals surface area contributed by atoms with Gasteiger partial charge in [0.1, 0.15) is 0 Å². The van der Waals surface area contributed by atoms with Crippen LogP contribution in [0.4, 0.5) is 17.1 Å². The molecular weight excluding hydrogens is 360 g/mol. The third-order valence-electron chi connectivity index (χ3n) is 6.21. The van der Waals surface area contributed by atoms with E-state index in [-0.39, 0.29) is 5.91 Å². The minimum atomic E-state index is 0.173. The van der Waals surface area contributed by atoms with Crippen molar-refractivity contribution in [1.29, 1.82) is 0 Å². The molecule has 1 N–H and O–H groups in total. The van der Waals surface area contributed by atoms with E-state index in [1.165, 1.54) is 24.2 Å². The lowest BCUT2D eigenvalue weighted by atomic mass is 9.99. The van der Waals surface area contributed by atoms with Crippen LogP contribution >= 0.6 is 0 Å². The zero-order valence-corrected chi connectivity index (χ0v) is 17.4. The maximum atomic E-state index is 12.6. The van der Waals surface area contributed by atoms with Gasteiger partial charge in [0.2, 0.25) is 5.91 Å². The van der Waals surface area contributed by atoms with E-state index >= 15 is 0 Å². The molecule has 2 aromatic carbocycles. The van der Waals surface area contributed by atoms with Crippen LogP contribution in [-0.4, -0.2) is 56.6 Å². The van der Waals surface area contributed by atoms with Crippen LogP contribution in [0.25, 0.3) is 0 Å². The maximum absolute atomic E-state index is 12.6. The van der Waals surface area contributed by atoms with Crippen molar-refractivity contribution in [3.63, 3.8) is 0 Å². The molecule has 2 aliphatic rings. The standard InChI is InChI=1S/C24H32N4O/c1-20-11-13-26(14-12-20)23-9-7-21(8-10-23)25-19-24(29)28-17-15-27(16-18-28)22-5-3-2-4-6-22/h2-10,20,25H,11-19H2,1H3. The van der Waals surface area contributed by atoms with Gasteiger partial charge in [-0.25, -0.2) is 0 Å². The van der Waals surface area contributed by atoms with Crippen LogP contribution in [0.1, 0.15) is 19.8 Å². The third kappa shape index (κ3) is 5.03. The summed E-state index contributed by atoms with van der Waals surface area (Å²) in [6.07, 6.45) is 2.54. The summed E-state index contributed by atoms with van der Waals surface area (Å²) in [4.78, 5) is 19.4. The molecule has 2 heterocycles. The number of piperidine rings is 1. The summed E-state index contributed by atoms with van der Waals surface area (Å²) in [7, 11) is 0. The highest BCUT2D eigenvalue weighted by Crippen LogP contribution is 2.24. The predicted molar refractivity (Wildman–Crippen MR) is 121 cm³/mol. The molecule has 2 fully saturated rings. The van der Waals surface area contributed by atoms with Gasteiger partial charge >= 0.3 is 0 Å². The van der Waals surface area contributed by atoms with E-state index < -0.39 is 0 Å². The van der Waals surface area contributed by atoms with Gasteiger partial charge in [-0.1, -0.05) is 25.1 Å². The minimum Gasteiger partial charge on any atom is -0.376 e. The average Bonchev–Trinajstić information content (AvgIpc) is 2.79. The van der Waals surface area contributed by atoms with Crippen molar-refractivity contribution in [2.24, 2.45) is 5.92 Å². The number of rotatable bonds is 5. The normalized spacial score (nSPS) is 18.0. The summed E-state index contributed by atoms with van der Waals surface area (Å²) in [5.74, 6) is 1.01. The van der Waals surface area contributed by atoms with Gasteiger partial charge in [-0.2, -0.15) is 0 Å². The molecule has 0 aromatic heterocycles. The van der Waals surface area contributed by atoms with Crippen molar-refractivity contribution >= 4 is 23.0 Å². The molecular formula is C24H32N4O. The number of nitrogens with zero attached hydrogens (tertiary/aromatic N) is 3. The molecule has 29 heavy (non-hydrogen) atoms. The molecule has 0 atom stereocenters. The van der Waals surface area contributed by atoms with Crippen LogP contribution in [0.5, 0.6) is 0 Å². The van der Waals surface area contributed by atoms with E-state index in [1.807, 2.05) is 11.0 Å². The minimum absolute atomic E-state index is 0.173. The lowest BCUT2D eigenvalue weighted by Crippen LogP contribution is -2.50. The molecule has 2 saturated heterocycles. The van der Waals surface area contributed by atoms with Gasteiger partial charge in [0.05, 0.1) is 6.54 Å². The highest BCUT2D eigenvalue weighted by molar-refractivity contribution is 5.81. The Bertz CT molecular complexity index is 776. The summed E-state index contributed by atoms with van der Waals surface area (Å²) in [5, 5.41) is 3.30. The number of para-hydroxylation sites is 1. The number of anilines is 3. The maximum Gasteiger partial charge on any atom is 0.241 e. The molecule has 154 valence electrons. The summed E-state index contributed by atoms with van der Waals surface area (Å²) in [6, 6.07) is 18.9. The second kappa shape index (κ2) is 9.21. The second-order valence-electron chi connectivity index (χ2n) is 8.27. The Balaban J connectivity index is 1.23. The average molecular weight is 393 g/mol. The molecule has 0 aliphatic carbocycles. The smallest absolute Gasteiger partial charge is 0.241 e. The summed E-state index contributed by atoms with van der Waals surface area (Å²) >= 11 is 0. The SMILES string of the molecule is CC1CCN(c2ccc(NCC(=O)N3CCN(c4ccccc4)CC3)cc2)CC1. The number of carbonyl (C=O) groups is 1. The van der Waals surface area contributed by atoms with E-state index in [4.69, 9.17) is 0 Å². The quantitative estimate of drug-likeness (QED) is 0.842. The van der Waals surface area contributed by atoms with Gasteiger partial charge in [0.25, 0.3) is 0 Å². The fraction of sp³-hybridized carbons (Fsp3) is 0.458. The van der Waals surface area contributed by atoms with Crippen molar-refractivity contribution in [2.75, 3.05) is 60.9 Å². The fourth-order valence-electron chi connectivity index (χ4n) is 4.20. The Morgan fingerprint density at radius 1 is 0.828 bits per heavy atom. The third-order valence-corrected chi connectivity index (χ3v) is 6.21. The summed E-state index contributed by atoms with van der Waals surface area (Å²) in [5.41, 5.74) is 3.53. The first kappa shape index (κ1) is 19.6. The Morgan fingerprint density at radius 2 is 1.41 bits per heavy atom. The largest absolute Gasteiger partial charge is 0.376 e. The van der Waals surface area contributed by atoms with Crippen molar-refractivity contribution in [1.82, 2.24) is 4.90 Å². The fourth-order valence-corrected chi connectivity index (χ4v) is 4.20. The molecule has 0 radical (unpaired) electrons. The Hall–Kier alpha value is -2.69. The van der Waals surface area contributed by atoms with Crippen LogP contribution in [0.15, 0.2) is 54.6 Å². The van der Waals surface area contributed by atoms with Crippen molar-refractivity contribution in [2.45, 2.75) is 19.8 Å². The lowest BCUT2D eigenvalue weighted by molar-refractivity contribution is -0.129. The van der Waals surface area contributed by atoms with Gasteiger partial charge in [-0.05, 0) is 55.2 Å². The van der Waals surface area contributed by atoms with Crippen molar-refractivity contribution in [3.05, 3.63) is 54.6 Å². The first-order chi connectivity index (χ1) is 14.2. The first-order valence-electron chi connectivity index (χ1n) is 10.9. The van der Waals surface area contributed by atoms with Gasteiger partial charge in [0.15, 0.2) is 0 Å². The van der Waals surface area contributed by atoms with Gasteiger partial charge in [-0.15, -0.1) is 0 Å². The highest BCUT2D eigenvalue weighted by Gasteiger charge is 2.21. The molecule has 0 spiro atoms. The number of benzene rings is 2. The number of hydrogen-bond donors (Lipinski definition) is 1. The van der Waals surface area contributed by atoms with Crippen LogP contribution in [0, 0.1) is 5.92 Å². The highest BCUT2D eigenvalue weighted by atomic mass is 16.2. The lowest BCUT2D eigenvalue weighted by Gasteiger charge is -2.36.